The van der Waals surface area contributed by atoms with Crippen molar-refractivity contribution in [2.24, 2.45) is 0 Å². The first-order valence-electron chi connectivity index (χ1n) is 3.93. The topological polar surface area (TPSA) is 31.5 Å². The van der Waals surface area contributed by atoms with Gasteiger partial charge < -0.3 is 5.48 Å². The van der Waals surface area contributed by atoms with E-state index in [-0.39, 0.29) is 11.3 Å². The molecule has 2 N–H and O–H groups in total. The SMILES string of the molecule is CC.Cc1ccc(C)c(F)c1.O. The second-order valence-electron chi connectivity index (χ2n) is 2.25. The minimum Gasteiger partial charge on any atom is -0.412 e. The van der Waals surface area contributed by atoms with Gasteiger partial charge in [-0.2, -0.15) is 0 Å². The van der Waals surface area contributed by atoms with Gasteiger partial charge in [-0.15, -0.1) is 0 Å². The molecule has 0 aliphatic heterocycles. The largest absolute Gasteiger partial charge is 0.412 e. The Balaban J connectivity index is 0. The van der Waals surface area contributed by atoms with Gasteiger partial charge in [0.25, 0.3) is 0 Å². The molecule has 12 heavy (non-hydrogen) atoms. The molecule has 2 heteroatoms. The summed E-state index contributed by atoms with van der Waals surface area (Å²) in [6.45, 7) is 7.64. The average molecular weight is 172 g/mol. The lowest BCUT2D eigenvalue weighted by Gasteiger charge is -1.94. The number of hydrogen-bond acceptors (Lipinski definition) is 0. The zero-order chi connectivity index (χ0) is 8.85. The van der Waals surface area contributed by atoms with Crippen molar-refractivity contribution in [1.82, 2.24) is 0 Å². The van der Waals surface area contributed by atoms with Crippen LogP contribution in [0.15, 0.2) is 18.2 Å². The van der Waals surface area contributed by atoms with Gasteiger partial charge in [-0.1, -0.05) is 26.0 Å². The third-order valence-electron chi connectivity index (χ3n) is 1.33. The molecule has 0 spiro atoms. The molecule has 0 saturated carbocycles. The fourth-order valence-corrected chi connectivity index (χ4v) is 0.698. The normalized spacial score (nSPS) is 7.75. The van der Waals surface area contributed by atoms with Crippen LogP contribution in [0.3, 0.4) is 0 Å². The van der Waals surface area contributed by atoms with Crippen LogP contribution in [0, 0.1) is 19.7 Å². The van der Waals surface area contributed by atoms with Gasteiger partial charge in [0.15, 0.2) is 0 Å². The van der Waals surface area contributed by atoms with E-state index in [1.54, 1.807) is 13.0 Å². The van der Waals surface area contributed by atoms with Crippen LogP contribution in [0.5, 0.6) is 0 Å². The lowest BCUT2D eigenvalue weighted by atomic mass is 10.2. The van der Waals surface area contributed by atoms with Crippen molar-refractivity contribution in [3.63, 3.8) is 0 Å². The number of halogens is 1. The highest BCUT2D eigenvalue weighted by Crippen LogP contribution is 2.06. The second-order valence-corrected chi connectivity index (χ2v) is 2.25. The highest BCUT2D eigenvalue weighted by atomic mass is 19.1. The number of rotatable bonds is 0. The van der Waals surface area contributed by atoms with Gasteiger partial charge in [0.1, 0.15) is 5.82 Å². The molecule has 0 aromatic heterocycles. The minimum absolute atomic E-state index is 0. The van der Waals surface area contributed by atoms with E-state index >= 15 is 0 Å². The van der Waals surface area contributed by atoms with Crippen molar-refractivity contribution in [2.75, 3.05) is 0 Å². The van der Waals surface area contributed by atoms with Crippen molar-refractivity contribution in [1.29, 1.82) is 0 Å². The fourth-order valence-electron chi connectivity index (χ4n) is 0.698. The highest BCUT2D eigenvalue weighted by molar-refractivity contribution is 5.21. The quantitative estimate of drug-likeness (QED) is 0.576. The molecular weight excluding hydrogens is 155 g/mol. The monoisotopic (exact) mass is 172 g/mol. The first-order chi connectivity index (χ1) is 5.20. The maximum atomic E-state index is 12.6. The Morgan fingerprint density at radius 1 is 1.08 bits per heavy atom. The smallest absolute Gasteiger partial charge is 0.126 e. The van der Waals surface area contributed by atoms with Gasteiger partial charge >= 0.3 is 0 Å². The first-order valence-corrected chi connectivity index (χ1v) is 3.93. The zero-order valence-corrected chi connectivity index (χ0v) is 8.11. The van der Waals surface area contributed by atoms with Crippen molar-refractivity contribution in [3.05, 3.63) is 35.1 Å². The standard InChI is InChI=1S/C8H9F.C2H6.H2O/c1-6-3-4-7(2)8(9)5-6;1-2;/h3-5H,1-2H3;1-2H3;1H2. The van der Waals surface area contributed by atoms with Crippen LogP contribution >= 0.6 is 0 Å². The molecule has 1 rings (SSSR count). The van der Waals surface area contributed by atoms with E-state index in [9.17, 15) is 4.39 Å². The fraction of sp³-hybridized carbons (Fsp3) is 0.400. The van der Waals surface area contributed by atoms with Crippen molar-refractivity contribution in [3.8, 4) is 0 Å². The van der Waals surface area contributed by atoms with Gasteiger partial charge in [-0.25, -0.2) is 4.39 Å². The Morgan fingerprint density at radius 3 is 1.92 bits per heavy atom. The third-order valence-corrected chi connectivity index (χ3v) is 1.33. The molecule has 0 bridgehead atoms. The summed E-state index contributed by atoms with van der Waals surface area (Å²) in [6, 6.07) is 5.22. The summed E-state index contributed by atoms with van der Waals surface area (Å²) < 4.78 is 12.6. The van der Waals surface area contributed by atoms with Crippen LogP contribution in [0.4, 0.5) is 4.39 Å². The summed E-state index contributed by atoms with van der Waals surface area (Å²) in [5.41, 5.74) is 1.68. The molecule has 1 aromatic rings. The first kappa shape index (κ1) is 13.7. The lowest BCUT2D eigenvalue weighted by molar-refractivity contribution is 0.617. The molecule has 0 aliphatic carbocycles. The molecule has 0 unspecified atom stereocenters. The maximum Gasteiger partial charge on any atom is 0.126 e. The minimum atomic E-state index is -0.116. The molecular formula is C10H17FO. The molecule has 0 atom stereocenters. The van der Waals surface area contributed by atoms with Gasteiger partial charge in [0.2, 0.25) is 0 Å². The molecule has 1 nitrogen and oxygen atoms in total. The second kappa shape index (κ2) is 6.80. The highest BCUT2D eigenvalue weighted by Gasteiger charge is 1.93. The predicted molar refractivity (Wildman–Crippen MR) is 50.8 cm³/mol. The predicted octanol–water partition coefficient (Wildman–Crippen LogP) is 2.64. The van der Waals surface area contributed by atoms with Crippen molar-refractivity contribution < 1.29 is 9.87 Å². The van der Waals surface area contributed by atoms with Crippen LogP contribution in [0.2, 0.25) is 0 Å². The number of benzene rings is 1. The molecule has 0 radical (unpaired) electrons. The zero-order valence-electron chi connectivity index (χ0n) is 8.11. The van der Waals surface area contributed by atoms with Crippen LogP contribution in [-0.2, 0) is 0 Å². The van der Waals surface area contributed by atoms with Crippen molar-refractivity contribution in [2.45, 2.75) is 27.7 Å². The molecule has 0 amide bonds. The van der Waals surface area contributed by atoms with E-state index in [0.717, 1.165) is 5.56 Å². The molecule has 0 saturated heterocycles. The Labute approximate surface area is 73.5 Å². The molecule has 1 aromatic carbocycles. The van der Waals surface area contributed by atoms with E-state index in [0.29, 0.717) is 5.56 Å². The molecule has 0 fully saturated rings. The lowest BCUT2D eigenvalue weighted by Crippen LogP contribution is -1.81. The summed E-state index contributed by atoms with van der Waals surface area (Å²) >= 11 is 0. The molecule has 0 heterocycles. The van der Waals surface area contributed by atoms with E-state index in [1.807, 2.05) is 26.8 Å². The van der Waals surface area contributed by atoms with Gasteiger partial charge in [-0.3, -0.25) is 0 Å². The van der Waals surface area contributed by atoms with E-state index in [2.05, 4.69) is 0 Å². The summed E-state index contributed by atoms with van der Waals surface area (Å²) in [6.07, 6.45) is 0. The van der Waals surface area contributed by atoms with Gasteiger partial charge in [0, 0.05) is 0 Å². The summed E-state index contributed by atoms with van der Waals surface area (Å²) in [7, 11) is 0. The van der Waals surface area contributed by atoms with Crippen LogP contribution in [-0.4, -0.2) is 5.48 Å². The average Bonchev–Trinajstić information content (AvgIpc) is 2.02. The van der Waals surface area contributed by atoms with E-state index in [4.69, 9.17) is 0 Å². The van der Waals surface area contributed by atoms with E-state index < -0.39 is 0 Å². The third kappa shape index (κ3) is 4.09. The molecule has 70 valence electrons. The summed E-state index contributed by atoms with van der Waals surface area (Å²) in [5, 5.41) is 0. The van der Waals surface area contributed by atoms with E-state index in [1.165, 1.54) is 6.07 Å². The Bertz CT molecular complexity index is 221. The maximum absolute atomic E-state index is 12.6. The van der Waals surface area contributed by atoms with Gasteiger partial charge in [-0.05, 0) is 31.0 Å². The number of hydrogen-bond donors (Lipinski definition) is 0. The van der Waals surface area contributed by atoms with Crippen LogP contribution < -0.4 is 0 Å². The Morgan fingerprint density at radius 2 is 1.58 bits per heavy atom. The Kier molecular flexibility index (Phi) is 7.75. The Hall–Kier alpha value is -0.890. The summed E-state index contributed by atoms with van der Waals surface area (Å²) in [4.78, 5) is 0. The van der Waals surface area contributed by atoms with Crippen LogP contribution in [0.1, 0.15) is 25.0 Å². The van der Waals surface area contributed by atoms with Crippen LogP contribution in [0.25, 0.3) is 0 Å². The summed E-state index contributed by atoms with van der Waals surface area (Å²) in [5.74, 6) is -0.116. The van der Waals surface area contributed by atoms with Crippen molar-refractivity contribution >= 4 is 0 Å². The molecule has 0 aliphatic rings. The van der Waals surface area contributed by atoms with Gasteiger partial charge in [0.05, 0.1) is 0 Å². The number of aryl methyl sites for hydroxylation is 2.